The van der Waals surface area contributed by atoms with Gasteiger partial charge in [0, 0.05) is 0 Å². The molecule has 1 nitrogen and oxygen atoms in total. The average Bonchev–Trinajstić information content (AvgIpc) is 2.72. The van der Waals surface area contributed by atoms with Gasteiger partial charge in [0.25, 0.3) is 0 Å². The minimum absolute atomic E-state index is 0.0174. The lowest BCUT2D eigenvalue weighted by Crippen LogP contribution is -2.50. The Hall–Kier alpha value is -0.300. The van der Waals surface area contributed by atoms with Crippen LogP contribution in [0.1, 0.15) is 65.2 Å². The largest absolute Gasteiger partial charge is 0.393 e. The molecule has 0 saturated heterocycles. The highest BCUT2D eigenvalue weighted by molar-refractivity contribution is 5.15. The van der Waals surface area contributed by atoms with Crippen LogP contribution in [0, 0.1) is 34.5 Å². The average molecular weight is 274 g/mol. The van der Waals surface area contributed by atoms with E-state index in [2.05, 4.69) is 26.0 Å². The summed E-state index contributed by atoms with van der Waals surface area (Å²) < 4.78 is 0. The zero-order valence-electron chi connectivity index (χ0n) is 13.1. The first-order valence-electron chi connectivity index (χ1n) is 8.89. The highest BCUT2D eigenvalue weighted by atomic mass is 16.3. The summed E-state index contributed by atoms with van der Waals surface area (Å²) in [4.78, 5) is 0. The second kappa shape index (κ2) is 4.35. The molecule has 0 aliphatic heterocycles. The Balaban J connectivity index is 1.67. The van der Waals surface area contributed by atoms with Crippen molar-refractivity contribution in [3.63, 3.8) is 0 Å². The molecule has 0 aromatic carbocycles. The number of fused-ring (bicyclic) bond motifs is 5. The maximum Gasteiger partial charge on any atom is 0.0548 e. The zero-order valence-corrected chi connectivity index (χ0v) is 13.1. The van der Waals surface area contributed by atoms with Gasteiger partial charge >= 0.3 is 0 Å². The Kier molecular flexibility index (Phi) is 2.91. The minimum Gasteiger partial charge on any atom is -0.393 e. The van der Waals surface area contributed by atoms with Crippen molar-refractivity contribution in [3.05, 3.63) is 12.2 Å². The van der Waals surface area contributed by atoms with Gasteiger partial charge < -0.3 is 5.11 Å². The molecule has 0 spiro atoms. The lowest BCUT2D eigenvalue weighted by atomic mass is 9.46. The maximum absolute atomic E-state index is 10.2. The molecule has 0 aromatic rings. The van der Waals surface area contributed by atoms with Crippen LogP contribution < -0.4 is 0 Å². The Labute approximate surface area is 123 Å². The van der Waals surface area contributed by atoms with Gasteiger partial charge in [-0.05, 0) is 85.9 Å². The summed E-state index contributed by atoms with van der Waals surface area (Å²) in [6.45, 7) is 5.02. The van der Waals surface area contributed by atoms with E-state index < -0.39 is 0 Å². The van der Waals surface area contributed by atoms with E-state index in [0.717, 1.165) is 36.5 Å². The van der Waals surface area contributed by atoms with Crippen LogP contribution in [-0.4, -0.2) is 11.2 Å². The Bertz CT molecular complexity index is 427. The highest BCUT2D eigenvalue weighted by Gasteiger charge is 2.57. The van der Waals surface area contributed by atoms with Crippen LogP contribution in [0.25, 0.3) is 0 Å². The third-order valence-electron chi connectivity index (χ3n) is 7.87. The molecular formula is C19H30O. The number of hydrogen-bond acceptors (Lipinski definition) is 1. The van der Waals surface area contributed by atoms with E-state index in [0.29, 0.717) is 10.8 Å². The predicted molar refractivity (Wildman–Crippen MR) is 82.3 cm³/mol. The van der Waals surface area contributed by atoms with E-state index in [1.165, 1.54) is 38.5 Å². The summed E-state index contributed by atoms with van der Waals surface area (Å²) in [5, 5.41) is 10.2. The summed E-state index contributed by atoms with van der Waals surface area (Å²) >= 11 is 0. The lowest BCUT2D eigenvalue weighted by molar-refractivity contribution is -0.0679. The van der Waals surface area contributed by atoms with Gasteiger partial charge in [0.05, 0.1) is 6.10 Å². The van der Waals surface area contributed by atoms with Crippen LogP contribution in [0.2, 0.25) is 0 Å². The van der Waals surface area contributed by atoms with Crippen molar-refractivity contribution in [1.29, 1.82) is 0 Å². The van der Waals surface area contributed by atoms with Crippen LogP contribution in [0.3, 0.4) is 0 Å². The fraction of sp³-hybridized carbons (Fsp3) is 0.895. The Morgan fingerprint density at radius 3 is 2.75 bits per heavy atom. The third-order valence-corrected chi connectivity index (χ3v) is 7.87. The van der Waals surface area contributed by atoms with Crippen LogP contribution in [0.4, 0.5) is 0 Å². The first kappa shape index (κ1) is 13.4. The van der Waals surface area contributed by atoms with Crippen LogP contribution in [-0.2, 0) is 0 Å². The molecule has 1 N–H and O–H groups in total. The highest BCUT2D eigenvalue weighted by Crippen LogP contribution is 2.65. The Morgan fingerprint density at radius 2 is 1.90 bits per heavy atom. The predicted octanol–water partition coefficient (Wildman–Crippen LogP) is 4.56. The van der Waals surface area contributed by atoms with Crippen molar-refractivity contribution >= 4 is 0 Å². The second-order valence-electron chi connectivity index (χ2n) is 8.78. The molecule has 7 atom stereocenters. The van der Waals surface area contributed by atoms with Crippen molar-refractivity contribution < 1.29 is 5.11 Å². The summed E-state index contributed by atoms with van der Waals surface area (Å²) in [6.07, 6.45) is 15.5. The SMILES string of the molecule is C[C@]12CCC3C(CCC4CCC=C[C@@]43C)C1CC(O)C2. The number of aliphatic hydroxyl groups is 1. The number of allylic oxidation sites excluding steroid dienone is 2. The van der Waals surface area contributed by atoms with Gasteiger partial charge in [-0.2, -0.15) is 0 Å². The molecule has 20 heavy (non-hydrogen) atoms. The molecule has 0 amide bonds. The third kappa shape index (κ3) is 1.71. The topological polar surface area (TPSA) is 20.2 Å². The summed E-state index contributed by atoms with van der Waals surface area (Å²) in [5.74, 6) is 3.50. The van der Waals surface area contributed by atoms with Crippen molar-refractivity contribution in [1.82, 2.24) is 0 Å². The molecule has 112 valence electrons. The monoisotopic (exact) mass is 274 g/mol. The normalized spacial score (nSPS) is 57.9. The van der Waals surface area contributed by atoms with E-state index in [1.807, 2.05) is 0 Å². The van der Waals surface area contributed by atoms with Gasteiger partial charge in [-0.3, -0.25) is 0 Å². The number of aliphatic hydroxyl groups excluding tert-OH is 1. The van der Waals surface area contributed by atoms with Crippen molar-refractivity contribution in [2.75, 3.05) is 0 Å². The molecule has 5 unspecified atom stereocenters. The van der Waals surface area contributed by atoms with E-state index in [-0.39, 0.29) is 6.10 Å². The van der Waals surface area contributed by atoms with Gasteiger partial charge in [0.15, 0.2) is 0 Å². The first-order valence-corrected chi connectivity index (χ1v) is 8.89. The standard InChI is InChI=1S/C19H30O/c1-18-10-8-16-15(17(18)11-14(20)12-18)7-6-13-5-3-4-9-19(13,16)2/h4,9,13-17,20H,3,5-8,10-12H2,1-2H3/t13?,14?,15?,16?,17?,18-,19+/m1/s1. The Morgan fingerprint density at radius 1 is 1.05 bits per heavy atom. The van der Waals surface area contributed by atoms with Crippen molar-refractivity contribution in [2.24, 2.45) is 34.5 Å². The van der Waals surface area contributed by atoms with E-state index in [1.54, 1.807) is 0 Å². The van der Waals surface area contributed by atoms with Gasteiger partial charge in [-0.1, -0.05) is 26.0 Å². The van der Waals surface area contributed by atoms with Crippen LogP contribution in [0.5, 0.6) is 0 Å². The molecular weight excluding hydrogens is 244 g/mol. The van der Waals surface area contributed by atoms with Crippen molar-refractivity contribution in [2.45, 2.75) is 71.3 Å². The van der Waals surface area contributed by atoms with Gasteiger partial charge in [-0.15, -0.1) is 0 Å². The number of hydrogen-bond donors (Lipinski definition) is 1. The summed E-state index contributed by atoms with van der Waals surface area (Å²) in [7, 11) is 0. The quantitative estimate of drug-likeness (QED) is 0.642. The first-order chi connectivity index (χ1) is 9.53. The van der Waals surface area contributed by atoms with Crippen LogP contribution >= 0.6 is 0 Å². The molecule has 4 aliphatic carbocycles. The number of rotatable bonds is 0. The molecule has 0 radical (unpaired) electrons. The maximum atomic E-state index is 10.2. The lowest BCUT2D eigenvalue weighted by Gasteiger charge is -2.58. The second-order valence-corrected chi connectivity index (χ2v) is 8.78. The molecule has 1 heteroatoms. The smallest absolute Gasteiger partial charge is 0.0548 e. The van der Waals surface area contributed by atoms with Crippen LogP contribution in [0.15, 0.2) is 12.2 Å². The van der Waals surface area contributed by atoms with E-state index >= 15 is 0 Å². The summed E-state index contributed by atoms with van der Waals surface area (Å²) in [5.41, 5.74) is 0.915. The summed E-state index contributed by atoms with van der Waals surface area (Å²) in [6, 6.07) is 0. The molecule has 0 bridgehead atoms. The van der Waals surface area contributed by atoms with Gasteiger partial charge in [-0.25, -0.2) is 0 Å². The van der Waals surface area contributed by atoms with E-state index in [9.17, 15) is 5.11 Å². The molecule has 0 aromatic heterocycles. The molecule has 4 aliphatic rings. The van der Waals surface area contributed by atoms with E-state index in [4.69, 9.17) is 0 Å². The van der Waals surface area contributed by atoms with Gasteiger partial charge in [0.2, 0.25) is 0 Å². The minimum atomic E-state index is -0.0174. The molecule has 3 fully saturated rings. The van der Waals surface area contributed by atoms with Crippen molar-refractivity contribution in [3.8, 4) is 0 Å². The molecule has 3 saturated carbocycles. The molecule has 4 rings (SSSR count). The zero-order chi connectivity index (χ0) is 14.0. The molecule has 0 heterocycles. The fourth-order valence-electron chi connectivity index (χ4n) is 6.84. The fourth-order valence-corrected chi connectivity index (χ4v) is 6.84. The van der Waals surface area contributed by atoms with Gasteiger partial charge in [0.1, 0.15) is 0 Å².